The van der Waals surface area contributed by atoms with E-state index in [0.717, 1.165) is 30.5 Å². The Hall–Kier alpha value is -2.89. The molecule has 0 aliphatic carbocycles. The van der Waals surface area contributed by atoms with Gasteiger partial charge in [-0.3, -0.25) is 15.1 Å². The fourth-order valence-electron chi connectivity index (χ4n) is 2.25. The molecule has 3 N–H and O–H groups in total. The zero-order valence-electron chi connectivity index (χ0n) is 13.7. The lowest BCUT2D eigenvalue weighted by atomic mass is 10.1. The highest BCUT2D eigenvalue weighted by atomic mass is 16.6. The molecular weight excluding hydrogens is 304 g/mol. The molecule has 0 heterocycles. The fraction of sp³-hybridized carbons (Fsp3) is 0.278. The van der Waals surface area contributed by atoms with Gasteiger partial charge in [-0.2, -0.15) is 0 Å². The third kappa shape index (κ3) is 5.72. The molecule has 6 nitrogen and oxygen atoms in total. The summed E-state index contributed by atoms with van der Waals surface area (Å²) in [6.07, 6.45) is 2.74. The first kappa shape index (κ1) is 17.5. The van der Waals surface area contributed by atoms with Gasteiger partial charge in [-0.15, -0.1) is 0 Å². The Kier molecular flexibility index (Phi) is 6.31. The van der Waals surface area contributed by atoms with E-state index in [4.69, 9.17) is 5.73 Å². The Morgan fingerprint density at radius 3 is 2.42 bits per heavy atom. The lowest BCUT2D eigenvalue weighted by molar-refractivity contribution is -0.384. The Morgan fingerprint density at radius 1 is 1.12 bits per heavy atom. The summed E-state index contributed by atoms with van der Waals surface area (Å²) in [6, 6.07) is 14.6. The van der Waals surface area contributed by atoms with E-state index in [-0.39, 0.29) is 10.6 Å². The molecule has 0 unspecified atom stereocenters. The van der Waals surface area contributed by atoms with Crippen LogP contribution in [0.25, 0.3) is 0 Å². The number of nitro groups is 1. The summed E-state index contributed by atoms with van der Waals surface area (Å²) < 4.78 is 0. The molecule has 0 aliphatic rings. The molecule has 2 rings (SSSR count). The standard InChI is InChI=1S/C18H22N4O2/c1-14-5-9-16(10-6-14)21-18(19)20-13-3-2-4-15-7-11-17(12-8-15)22(23)24/h5-12H,2-4,13H2,1H3,(H3,19,20,21). The van der Waals surface area contributed by atoms with Gasteiger partial charge in [0.1, 0.15) is 0 Å². The van der Waals surface area contributed by atoms with E-state index >= 15 is 0 Å². The predicted molar refractivity (Wildman–Crippen MR) is 97.3 cm³/mol. The van der Waals surface area contributed by atoms with Crippen molar-refractivity contribution in [2.75, 3.05) is 11.9 Å². The van der Waals surface area contributed by atoms with E-state index in [1.807, 2.05) is 31.2 Å². The maximum Gasteiger partial charge on any atom is 0.269 e. The smallest absolute Gasteiger partial charge is 0.269 e. The molecule has 0 fully saturated rings. The number of aryl methyl sites for hydroxylation is 2. The quantitative estimate of drug-likeness (QED) is 0.267. The molecular formula is C18H22N4O2. The molecule has 0 bridgehead atoms. The minimum absolute atomic E-state index is 0.123. The van der Waals surface area contributed by atoms with Gasteiger partial charge < -0.3 is 11.1 Å². The van der Waals surface area contributed by atoms with E-state index in [9.17, 15) is 10.1 Å². The van der Waals surface area contributed by atoms with Crippen LogP contribution in [0.1, 0.15) is 24.0 Å². The Bertz CT molecular complexity index is 694. The molecule has 0 saturated carbocycles. The molecule has 2 aromatic carbocycles. The van der Waals surface area contributed by atoms with Gasteiger partial charge in [0.25, 0.3) is 5.69 Å². The Labute approximate surface area is 141 Å². The van der Waals surface area contributed by atoms with Crippen LogP contribution in [-0.4, -0.2) is 17.4 Å². The van der Waals surface area contributed by atoms with E-state index in [0.29, 0.717) is 12.5 Å². The highest BCUT2D eigenvalue weighted by Gasteiger charge is 2.03. The molecule has 0 aromatic heterocycles. The van der Waals surface area contributed by atoms with E-state index in [1.54, 1.807) is 12.1 Å². The highest BCUT2D eigenvalue weighted by molar-refractivity contribution is 5.92. The second-order valence-corrected chi connectivity index (χ2v) is 5.64. The molecule has 24 heavy (non-hydrogen) atoms. The lowest BCUT2D eigenvalue weighted by Gasteiger charge is -2.06. The largest absolute Gasteiger partial charge is 0.370 e. The molecule has 126 valence electrons. The number of nitro benzene ring substituents is 1. The lowest BCUT2D eigenvalue weighted by Crippen LogP contribution is -2.22. The average molecular weight is 326 g/mol. The summed E-state index contributed by atoms with van der Waals surface area (Å²) >= 11 is 0. The second kappa shape index (κ2) is 8.67. The number of guanidine groups is 1. The van der Waals surface area contributed by atoms with Gasteiger partial charge in [0, 0.05) is 24.4 Å². The summed E-state index contributed by atoms with van der Waals surface area (Å²) in [5, 5.41) is 13.7. The van der Waals surface area contributed by atoms with Crippen molar-refractivity contribution in [3.8, 4) is 0 Å². The van der Waals surface area contributed by atoms with Gasteiger partial charge in [0.2, 0.25) is 0 Å². The number of rotatable bonds is 7. The van der Waals surface area contributed by atoms with Crippen LogP contribution in [0.15, 0.2) is 53.5 Å². The van der Waals surface area contributed by atoms with Crippen molar-refractivity contribution in [3.05, 3.63) is 69.8 Å². The van der Waals surface area contributed by atoms with Crippen molar-refractivity contribution in [1.82, 2.24) is 0 Å². The van der Waals surface area contributed by atoms with E-state index in [2.05, 4.69) is 10.3 Å². The number of nitrogens with zero attached hydrogens (tertiary/aromatic N) is 2. The average Bonchev–Trinajstić information content (AvgIpc) is 2.57. The number of benzene rings is 2. The maximum atomic E-state index is 10.6. The van der Waals surface area contributed by atoms with Gasteiger partial charge in [-0.05, 0) is 43.9 Å². The van der Waals surface area contributed by atoms with Crippen molar-refractivity contribution in [3.63, 3.8) is 0 Å². The first-order valence-electron chi connectivity index (χ1n) is 7.91. The topological polar surface area (TPSA) is 93.5 Å². The number of hydrogen-bond acceptors (Lipinski definition) is 3. The number of nitrogens with one attached hydrogen (secondary N) is 1. The first-order chi connectivity index (χ1) is 11.5. The molecule has 0 atom stereocenters. The van der Waals surface area contributed by atoms with Gasteiger partial charge >= 0.3 is 0 Å². The van der Waals surface area contributed by atoms with Gasteiger partial charge in [0.05, 0.1) is 4.92 Å². The van der Waals surface area contributed by atoms with E-state index < -0.39 is 0 Å². The van der Waals surface area contributed by atoms with Crippen molar-refractivity contribution in [2.45, 2.75) is 26.2 Å². The Balaban J connectivity index is 1.69. The fourth-order valence-corrected chi connectivity index (χ4v) is 2.25. The molecule has 0 radical (unpaired) electrons. The molecule has 6 heteroatoms. The predicted octanol–water partition coefficient (Wildman–Crippen LogP) is 3.65. The van der Waals surface area contributed by atoms with Crippen LogP contribution in [0.4, 0.5) is 11.4 Å². The van der Waals surface area contributed by atoms with Crippen molar-refractivity contribution < 1.29 is 4.92 Å². The van der Waals surface area contributed by atoms with Gasteiger partial charge in [0.15, 0.2) is 5.96 Å². The number of unbranched alkanes of at least 4 members (excludes halogenated alkanes) is 1. The SMILES string of the molecule is Cc1ccc(NC(N)=NCCCCc2ccc([N+](=O)[O-])cc2)cc1. The van der Waals surface area contributed by atoms with Crippen molar-refractivity contribution in [1.29, 1.82) is 0 Å². The molecule has 0 saturated heterocycles. The molecule has 2 aromatic rings. The summed E-state index contributed by atoms with van der Waals surface area (Å²) in [4.78, 5) is 14.5. The monoisotopic (exact) mass is 326 g/mol. The number of hydrogen-bond donors (Lipinski definition) is 2. The van der Waals surface area contributed by atoms with Crippen LogP contribution >= 0.6 is 0 Å². The summed E-state index contributed by atoms with van der Waals surface area (Å²) in [5.74, 6) is 0.411. The summed E-state index contributed by atoms with van der Waals surface area (Å²) in [7, 11) is 0. The third-order valence-corrected chi connectivity index (χ3v) is 3.63. The Morgan fingerprint density at radius 2 is 1.79 bits per heavy atom. The number of aliphatic imine (C=N–C) groups is 1. The van der Waals surface area contributed by atoms with Crippen LogP contribution in [0.3, 0.4) is 0 Å². The molecule has 0 spiro atoms. The van der Waals surface area contributed by atoms with Crippen LogP contribution in [0.2, 0.25) is 0 Å². The van der Waals surface area contributed by atoms with Crippen LogP contribution in [0.5, 0.6) is 0 Å². The van der Waals surface area contributed by atoms with E-state index in [1.165, 1.54) is 17.7 Å². The van der Waals surface area contributed by atoms with Gasteiger partial charge in [-0.25, -0.2) is 0 Å². The first-order valence-corrected chi connectivity index (χ1v) is 7.91. The van der Waals surface area contributed by atoms with Crippen LogP contribution < -0.4 is 11.1 Å². The minimum Gasteiger partial charge on any atom is -0.370 e. The number of nitrogens with two attached hydrogens (primary N) is 1. The number of non-ortho nitro benzene ring substituents is 1. The van der Waals surface area contributed by atoms with Crippen molar-refractivity contribution in [2.24, 2.45) is 10.7 Å². The third-order valence-electron chi connectivity index (χ3n) is 3.63. The number of anilines is 1. The zero-order chi connectivity index (χ0) is 17.4. The summed E-state index contributed by atoms with van der Waals surface area (Å²) in [6.45, 7) is 2.68. The van der Waals surface area contributed by atoms with Crippen LogP contribution in [-0.2, 0) is 6.42 Å². The zero-order valence-corrected chi connectivity index (χ0v) is 13.7. The molecule has 0 amide bonds. The molecule has 0 aliphatic heterocycles. The maximum absolute atomic E-state index is 10.6. The normalized spacial score (nSPS) is 11.3. The van der Waals surface area contributed by atoms with Gasteiger partial charge in [-0.1, -0.05) is 29.8 Å². The summed E-state index contributed by atoms with van der Waals surface area (Å²) in [5.41, 5.74) is 9.19. The highest BCUT2D eigenvalue weighted by Crippen LogP contribution is 2.13. The van der Waals surface area contributed by atoms with Crippen LogP contribution in [0, 0.1) is 17.0 Å². The van der Waals surface area contributed by atoms with Crippen molar-refractivity contribution >= 4 is 17.3 Å². The second-order valence-electron chi connectivity index (χ2n) is 5.64. The minimum atomic E-state index is -0.387.